The maximum absolute atomic E-state index is 14.6. The van der Waals surface area contributed by atoms with Crippen molar-refractivity contribution in [3.8, 4) is 11.5 Å². The zero-order chi connectivity index (χ0) is 21.4. The smallest absolute Gasteiger partial charge is 0.259 e. The Labute approximate surface area is 176 Å². The van der Waals surface area contributed by atoms with E-state index in [0.29, 0.717) is 22.9 Å². The third-order valence-electron chi connectivity index (χ3n) is 4.44. The van der Waals surface area contributed by atoms with Crippen molar-refractivity contribution in [3.63, 3.8) is 0 Å². The third-order valence-corrected chi connectivity index (χ3v) is 5.63. The molecule has 3 heterocycles. The molecule has 3 aromatic heterocycles. The lowest BCUT2D eigenvalue weighted by Gasteiger charge is -2.11. The average molecular weight is 425 g/mol. The molecule has 1 N–H and O–H groups in total. The standard InChI is InChI=1S/C20H20FN7OS/c1-11(2)28-10-22-26-18(28)14-6-5-7-17(23-14)25-19(29)12-8-16-15(9-13(12)21)24-20(30-16)27(3)4/h5-11H,1-4H3,(H,23,25,29). The number of nitrogens with one attached hydrogen (secondary N) is 1. The number of aromatic nitrogens is 5. The number of fused-ring (bicyclic) bond motifs is 1. The summed E-state index contributed by atoms with van der Waals surface area (Å²) in [6.45, 7) is 4.02. The largest absolute Gasteiger partial charge is 0.354 e. The summed E-state index contributed by atoms with van der Waals surface area (Å²) in [5.74, 6) is -0.321. The Balaban J connectivity index is 1.63. The van der Waals surface area contributed by atoms with Crippen LogP contribution in [-0.4, -0.2) is 44.7 Å². The van der Waals surface area contributed by atoms with Gasteiger partial charge in [0.1, 0.15) is 23.7 Å². The number of thiazole rings is 1. The van der Waals surface area contributed by atoms with Gasteiger partial charge in [-0.2, -0.15) is 0 Å². The second kappa shape index (κ2) is 7.79. The summed E-state index contributed by atoms with van der Waals surface area (Å²) in [7, 11) is 3.72. The molecule has 0 atom stereocenters. The maximum Gasteiger partial charge on any atom is 0.259 e. The van der Waals surface area contributed by atoms with Crippen LogP contribution < -0.4 is 10.2 Å². The van der Waals surface area contributed by atoms with Gasteiger partial charge in [-0.15, -0.1) is 10.2 Å². The van der Waals surface area contributed by atoms with Gasteiger partial charge in [-0.05, 0) is 32.0 Å². The minimum atomic E-state index is -0.633. The molecule has 0 radical (unpaired) electrons. The first-order chi connectivity index (χ1) is 14.3. The van der Waals surface area contributed by atoms with Crippen molar-refractivity contribution in [2.75, 3.05) is 24.3 Å². The molecule has 1 aromatic carbocycles. The zero-order valence-electron chi connectivity index (χ0n) is 16.9. The fourth-order valence-corrected chi connectivity index (χ4v) is 3.83. The molecular weight excluding hydrogens is 405 g/mol. The van der Waals surface area contributed by atoms with Gasteiger partial charge >= 0.3 is 0 Å². The van der Waals surface area contributed by atoms with Gasteiger partial charge in [0.2, 0.25) is 0 Å². The van der Waals surface area contributed by atoms with Gasteiger partial charge in [0.15, 0.2) is 11.0 Å². The molecule has 0 unspecified atom stereocenters. The molecule has 4 aromatic rings. The number of rotatable bonds is 5. The maximum atomic E-state index is 14.6. The molecule has 0 spiro atoms. The number of anilines is 2. The van der Waals surface area contributed by atoms with Crippen LogP contribution in [0, 0.1) is 5.82 Å². The number of hydrogen-bond donors (Lipinski definition) is 1. The molecule has 0 saturated carbocycles. The fraction of sp³-hybridized carbons (Fsp3) is 0.250. The van der Waals surface area contributed by atoms with Gasteiger partial charge in [0, 0.05) is 26.2 Å². The van der Waals surface area contributed by atoms with Crippen LogP contribution in [0.5, 0.6) is 0 Å². The summed E-state index contributed by atoms with van der Waals surface area (Å²) < 4.78 is 17.2. The highest BCUT2D eigenvalue weighted by Gasteiger charge is 2.18. The molecule has 1 amide bonds. The van der Waals surface area contributed by atoms with E-state index < -0.39 is 11.7 Å². The number of pyridine rings is 1. The Morgan fingerprint density at radius 3 is 2.77 bits per heavy atom. The Morgan fingerprint density at radius 2 is 2.03 bits per heavy atom. The molecule has 10 heteroatoms. The predicted octanol–water partition coefficient (Wildman–Crippen LogP) is 3.99. The van der Waals surface area contributed by atoms with Crippen LogP contribution in [0.2, 0.25) is 0 Å². The number of carbonyl (C=O) groups is 1. The number of carbonyl (C=O) groups excluding carboxylic acids is 1. The van der Waals surface area contributed by atoms with Gasteiger partial charge in [-0.25, -0.2) is 14.4 Å². The van der Waals surface area contributed by atoms with Crippen LogP contribution in [0.1, 0.15) is 30.2 Å². The summed E-state index contributed by atoms with van der Waals surface area (Å²) >= 11 is 1.39. The van der Waals surface area contributed by atoms with Crippen LogP contribution in [-0.2, 0) is 0 Å². The molecule has 0 saturated heterocycles. The van der Waals surface area contributed by atoms with Crippen molar-refractivity contribution in [2.24, 2.45) is 0 Å². The lowest BCUT2D eigenvalue weighted by molar-refractivity contribution is 0.102. The number of halogens is 1. The van der Waals surface area contributed by atoms with Gasteiger partial charge in [-0.3, -0.25) is 4.79 Å². The highest BCUT2D eigenvalue weighted by Crippen LogP contribution is 2.30. The van der Waals surface area contributed by atoms with Crippen LogP contribution >= 0.6 is 11.3 Å². The monoisotopic (exact) mass is 425 g/mol. The Bertz CT molecular complexity index is 1230. The molecule has 8 nitrogen and oxygen atoms in total. The van der Waals surface area contributed by atoms with E-state index in [1.54, 1.807) is 24.5 Å². The van der Waals surface area contributed by atoms with E-state index in [9.17, 15) is 9.18 Å². The quantitative estimate of drug-likeness (QED) is 0.520. The van der Waals surface area contributed by atoms with Crippen molar-refractivity contribution in [1.29, 1.82) is 0 Å². The van der Waals surface area contributed by atoms with Crippen molar-refractivity contribution in [1.82, 2.24) is 24.7 Å². The Hall–Kier alpha value is -3.40. The van der Waals surface area contributed by atoms with Crippen LogP contribution in [0.25, 0.3) is 21.7 Å². The fourth-order valence-electron chi connectivity index (χ4n) is 2.92. The first-order valence-corrected chi connectivity index (χ1v) is 10.1. The van der Waals surface area contributed by atoms with Crippen molar-refractivity contribution in [3.05, 3.63) is 48.0 Å². The highest BCUT2D eigenvalue weighted by molar-refractivity contribution is 7.22. The van der Waals surface area contributed by atoms with E-state index in [1.807, 2.05) is 37.4 Å². The van der Waals surface area contributed by atoms with E-state index in [2.05, 4.69) is 25.5 Å². The van der Waals surface area contributed by atoms with Crippen molar-refractivity contribution < 1.29 is 9.18 Å². The predicted molar refractivity (Wildman–Crippen MR) is 115 cm³/mol. The number of benzene rings is 1. The van der Waals surface area contributed by atoms with E-state index in [4.69, 9.17) is 0 Å². The molecule has 0 aliphatic heterocycles. The second-order valence-corrected chi connectivity index (χ2v) is 8.22. The number of nitrogens with zero attached hydrogens (tertiary/aromatic N) is 6. The van der Waals surface area contributed by atoms with Gasteiger partial charge in [0.05, 0.1) is 15.8 Å². The first-order valence-electron chi connectivity index (χ1n) is 9.29. The van der Waals surface area contributed by atoms with Crippen LogP contribution in [0.4, 0.5) is 15.3 Å². The molecule has 154 valence electrons. The van der Waals surface area contributed by atoms with Gasteiger partial charge in [-0.1, -0.05) is 17.4 Å². The number of hydrogen-bond acceptors (Lipinski definition) is 7. The minimum absolute atomic E-state index is 0.0611. The molecule has 0 aliphatic carbocycles. The second-order valence-electron chi connectivity index (χ2n) is 7.21. The number of amides is 1. The topological polar surface area (TPSA) is 88.8 Å². The van der Waals surface area contributed by atoms with E-state index in [1.165, 1.54) is 23.5 Å². The van der Waals surface area contributed by atoms with Gasteiger partial charge in [0.25, 0.3) is 5.91 Å². The van der Waals surface area contributed by atoms with Crippen molar-refractivity contribution in [2.45, 2.75) is 19.9 Å². The summed E-state index contributed by atoms with van der Waals surface area (Å²) in [4.78, 5) is 23.4. The normalized spacial score (nSPS) is 11.3. The highest BCUT2D eigenvalue weighted by atomic mass is 32.1. The minimum Gasteiger partial charge on any atom is -0.354 e. The average Bonchev–Trinajstić information content (AvgIpc) is 3.34. The molecule has 0 fully saturated rings. The van der Waals surface area contributed by atoms with Gasteiger partial charge < -0.3 is 14.8 Å². The van der Waals surface area contributed by atoms with E-state index in [-0.39, 0.29) is 11.6 Å². The molecule has 30 heavy (non-hydrogen) atoms. The van der Waals surface area contributed by atoms with Crippen LogP contribution in [0.15, 0.2) is 36.7 Å². The molecule has 4 rings (SSSR count). The van der Waals surface area contributed by atoms with E-state index in [0.717, 1.165) is 9.83 Å². The first kappa shape index (κ1) is 19.9. The summed E-state index contributed by atoms with van der Waals surface area (Å²) in [6.07, 6.45) is 1.63. The SMILES string of the molecule is CC(C)n1cnnc1-c1cccc(NC(=O)c2cc3sc(N(C)C)nc3cc2F)n1. The summed E-state index contributed by atoms with van der Waals surface area (Å²) in [6, 6.07) is 8.13. The van der Waals surface area contributed by atoms with Crippen molar-refractivity contribution >= 4 is 38.4 Å². The van der Waals surface area contributed by atoms with Crippen LogP contribution in [0.3, 0.4) is 0 Å². The lowest BCUT2D eigenvalue weighted by Crippen LogP contribution is -2.15. The molecule has 0 aliphatic rings. The Kier molecular flexibility index (Phi) is 5.17. The third kappa shape index (κ3) is 3.73. The zero-order valence-corrected chi connectivity index (χ0v) is 17.7. The molecule has 0 bridgehead atoms. The summed E-state index contributed by atoms with van der Waals surface area (Å²) in [5, 5.41) is 11.5. The Morgan fingerprint density at radius 1 is 1.23 bits per heavy atom. The lowest BCUT2D eigenvalue weighted by atomic mass is 10.2. The van der Waals surface area contributed by atoms with E-state index >= 15 is 0 Å². The summed E-state index contributed by atoms with van der Waals surface area (Å²) in [5.41, 5.74) is 1.02. The molecular formula is C20H20FN7OS.